The van der Waals surface area contributed by atoms with Gasteiger partial charge in [-0.05, 0) is 25.8 Å². The maximum Gasteiger partial charge on any atom is 0.274 e. The lowest BCUT2D eigenvalue weighted by Crippen LogP contribution is -2.34. The van der Waals surface area contributed by atoms with Gasteiger partial charge in [0.05, 0.1) is 6.10 Å². The summed E-state index contributed by atoms with van der Waals surface area (Å²) >= 11 is 0. The summed E-state index contributed by atoms with van der Waals surface area (Å²) in [6.45, 7) is 3.34. The monoisotopic (exact) mass is 223 g/mol. The minimum atomic E-state index is -0.0557. The highest BCUT2D eigenvalue weighted by molar-refractivity contribution is 5.92. The number of carbonyl (C=O) groups is 1. The number of hydrogen-bond acceptors (Lipinski definition) is 3. The zero-order chi connectivity index (χ0) is 11.5. The predicted octanol–water partition coefficient (Wildman–Crippen LogP) is 0.969. The van der Waals surface area contributed by atoms with Gasteiger partial charge in [0.2, 0.25) is 0 Å². The number of aromatic nitrogens is 2. The number of amides is 1. The molecule has 0 bridgehead atoms. The summed E-state index contributed by atoms with van der Waals surface area (Å²) in [6, 6.07) is 1.76. The molecule has 0 radical (unpaired) electrons. The fraction of sp³-hybridized carbons (Fsp3) is 0.636. The van der Waals surface area contributed by atoms with Crippen LogP contribution in [0.4, 0.5) is 0 Å². The molecule has 0 aromatic carbocycles. The molecule has 1 aliphatic heterocycles. The van der Waals surface area contributed by atoms with Crippen LogP contribution in [0.5, 0.6) is 0 Å². The van der Waals surface area contributed by atoms with Crippen molar-refractivity contribution in [1.29, 1.82) is 0 Å². The number of likely N-dealkylation sites (N-methyl/N-ethyl adjacent to an activating group) is 1. The van der Waals surface area contributed by atoms with Crippen LogP contribution in [0.15, 0.2) is 6.07 Å². The van der Waals surface area contributed by atoms with Gasteiger partial charge in [0.25, 0.3) is 5.91 Å². The normalized spacial score (nSPS) is 20.0. The summed E-state index contributed by atoms with van der Waals surface area (Å²) in [7, 11) is 1.79. The van der Waals surface area contributed by atoms with Gasteiger partial charge < -0.3 is 9.64 Å². The molecule has 0 saturated carbocycles. The van der Waals surface area contributed by atoms with Crippen LogP contribution in [0, 0.1) is 6.92 Å². The summed E-state index contributed by atoms with van der Waals surface area (Å²) in [5, 5.41) is 6.72. The standard InChI is InChI=1S/C11H17N3O2/c1-8-6-10(13-12-8)11(15)14(2)7-9-4-3-5-16-9/h6,9H,3-5,7H2,1-2H3,(H,12,13). The van der Waals surface area contributed by atoms with Gasteiger partial charge in [-0.15, -0.1) is 0 Å². The van der Waals surface area contributed by atoms with Crippen molar-refractivity contribution in [3.8, 4) is 0 Å². The number of ether oxygens (including phenoxy) is 1. The van der Waals surface area contributed by atoms with Crippen LogP contribution in [-0.2, 0) is 4.74 Å². The van der Waals surface area contributed by atoms with Crippen molar-refractivity contribution < 1.29 is 9.53 Å². The Labute approximate surface area is 94.8 Å². The number of rotatable bonds is 3. The number of hydrogen-bond donors (Lipinski definition) is 1. The maximum atomic E-state index is 11.9. The first-order chi connectivity index (χ1) is 7.66. The molecule has 16 heavy (non-hydrogen) atoms. The van der Waals surface area contributed by atoms with Crippen LogP contribution < -0.4 is 0 Å². The maximum absolute atomic E-state index is 11.9. The van der Waals surface area contributed by atoms with Crippen molar-refractivity contribution in [1.82, 2.24) is 15.1 Å². The van der Waals surface area contributed by atoms with Crippen molar-refractivity contribution in [2.45, 2.75) is 25.9 Å². The molecule has 1 N–H and O–H groups in total. The highest BCUT2D eigenvalue weighted by Crippen LogP contribution is 2.13. The van der Waals surface area contributed by atoms with Gasteiger partial charge in [-0.25, -0.2) is 0 Å². The van der Waals surface area contributed by atoms with E-state index in [1.807, 2.05) is 6.92 Å². The average Bonchev–Trinajstić information content (AvgIpc) is 2.88. The number of nitrogens with one attached hydrogen (secondary N) is 1. The van der Waals surface area contributed by atoms with Crippen molar-refractivity contribution in [3.05, 3.63) is 17.5 Å². The molecule has 1 fully saturated rings. The molecule has 1 aliphatic rings. The van der Waals surface area contributed by atoms with E-state index in [1.54, 1.807) is 18.0 Å². The zero-order valence-electron chi connectivity index (χ0n) is 9.69. The first kappa shape index (κ1) is 11.1. The first-order valence-corrected chi connectivity index (χ1v) is 5.56. The van der Waals surface area contributed by atoms with Gasteiger partial charge in [-0.3, -0.25) is 9.89 Å². The van der Waals surface area contributed by atoms with E-state index in [2.05, 4.69) is 10.2 Å². The molecule has 5 nitrogen and oxygen atoms in total. The summed E-state index contributed by atoms with van der Waals surface area (Å²) in [5.74, 6) is -0.0557. The van der Waals surface area contributed by atoms with Crippen LogP contribution >= 0.6 is 0 Å². The Kier molecular flexibility index (Phi) is 3.24. The molecule has 1 saturated heterocycles. The van der Waals surface area contributed by atoms with E-state index in [0.29, 0.717) is 12.2 Å². The lowest BCUT2D eigenvalue weighted by molar-refractivity contribution is 0.0582. The lowest BCUT2D eigenvalue weighted by atomic mass is 10.2. The Hall–Kier alpha value is -1.36. The highest BCUT2D eigenvalue weighted by Gasteiger charge is 2.21. The number of aryl methyl sites for hydroxylation is 1. The van der Waals surface area contributed by atoms with Gasteiger partial charge in [-0.2, -0.15) is 5.10 Å². The third-order valence-electron chi connectivity index (χ3n) is 2.77. The van der Waals surface area contributed by atoms with Crippen molar-refractivity contribution in [2.24, 2.45) is 0 Å². The summed E-state index contributed by atoms with van der Waals surface area (Å²) in [5.41, 5.74) is 1.37. The van der Waals surface area contributed by atoms with Gasteiger partial charge in [0, 0.05) is 25.9 Å². The highest BCUT2D eigenvalue weighted by atomic mass is 16.5. The van der Waals surface area contributed by atoms with E-state index in [0.717, 1.165) is 25.1 Å². The molecule has 1 unspecified atom stereocenters. The van der Waals surface area contributed by atoms with Crippen molar-refractivity contribution >= 4 is 5.91 Å². The third kappa shape index (κ3) is 2.41. The van der Waals surface area contributed by atoms with E-state index in [4.69, 9.17) is 4.74 Å². The Morgan fingerprint density at radius 3 is 3.12 bits per heavy atom. The third-order valence-corrected chi connectivity index (χ3v) is 2.77. The van der Waals surface area contributed by atoms with Gasteiger partial charge in [0.15, 0.2) is 0 Å². The second-order valence-electron chi connectivity index (χ2n) is 4.26. The van der Waals surface area contributed by atoms with Crippen LogP contribution in [0.3, 0.4) is 0 Å². The SMILES string of the molecule is Cc1cc(C(=O)N(C)CC2CCCO2)n[nH]1. The molecule has 1 amide bonds. The molecule has 0 spiro atoms. The minimum Gasteiger partial charge on any atom is -0.376 e. The fourth-order valence-corrected chi connectivity index (χ4v) is 1.90. The number of aromatic amines is 1. The van der Waals surface area contributed by atoms with Crippen LogP contribution in [-0.4, -0.2) is 47.3 Å². The first-order valence-electron chi connectivity index (χ1n) is 5.56. The fourth-order valence-electron chi connectivity index (χ4n) is 1.90. The second-order valence-corrected chi connectivity index (χ2v) is 4.26. The van der Waals surface area contributed by atoms with Crippen molar-refractivity contribution in [3.63, 3.8) is 0 Å². The topological polar surface area (TPSA) is 58.2 Å². The number of nitrogens with zero attached hydrogens (tertiary/aromatic N) is 2. The van der Waals surface area contributed by atoms with Crippen LogP contribution in [0.1, 0.15) is 29.0 Å². The molecule has 2 rings (SSSR count). The number of carbonyl (C=O) groups excluding carboxylic acids is 1. The quantitative estimate of drug-likeness (QED) is 0.830. The van der Waals surface area contributed by atoms with Gasteiger partial charge in [0.1, 0.15) is 5.69 Å². The molecular formula is C11H17N3O2. The Morgan fingerprint density at radius 1 is 1.75 bits per heavy atom. The summed E-state index contributed by atoms with van der Waals surface area (Å²) in [4.78, 5) is 13.6. The zero-order valence-corrected chi connectivity index (χ0v) is 9.69. The molecule has 1 aromatic rings. The predicted molar refractivity (Wildman–Crippen MR) is 59.3 cm³/mol. The van der Waals surface area contributed by atoms with Crippen molar-refractivity contribution in [2.75, 3.05) is 20.2 Å². The molecule has 5 heteroatoms. The molecule has 0 aliphatic carbocycles. The van der Waals surface area contributed by atoms with E-state index in [-0.39, 0.29) is 12.0 Å². The summed E-state index contributed by atoms with van der Waals surface area (Å²) in [6.07, 6.45) is 2.32. The van der Waals surface area contributed by atoms with E-state index in [9.17, 15) is 4.79 Å². The van der Waals surface area contributed by atoms with Crippen LogP contribution in [0.2, 0.25) is 0 Å². The van der Waals surface area contributed by atoms with E-state index < -0.39 is 0 Å². The summed E-state index contributed by atoms with van der Waals surface area (Å²) < 4.78 is 5.49. The molecule has 1 aromatic heterocycles. The van der Waals surface area contributed by atoms with E-state index >= 15 is 0 Å². The molecule has 88 valence electrons. The molecular weight excluding hydrogens is 206 g/mol. The largest absolute Gasteiger partial charge is 0.376 e. The average molecular weight is 223 g/mol. The van der Waals surface area contributed by atoms with Gasteiger partial charge in [-0.1, -0.05) is 0 Å². The lowest BCUT2D eigenvalue weighted by Gasteiger charge is -2.19. The molecule has 1 atom stereocenters. The second kappa shape index (κ2) is 4.65. The Bertz CT molecular complexity index is 369. The Balaban J connectivity index is 1.93. The minimum absolute atomic E-state index is 0.0557. The van der Waals surface area contributed by atoms with E-state index in [1.165, 1.54) is 0 Å². The van der Waals surface area contributed by atoms with Gasteiger partial charge >= 0.3 is 0 Å². The van der Waals surface area contributed by atoms with Crippen LogP contribution in [0.25, 0.3) is 0 Å². The number of H-pyrrole nitrogens is 1. The molecule has 2 heterocycles. The smallest absolute Gasteiger partial charge is 0.274 e. The Morgan fingerprint density at radius 2 is 2.56 bits per heavy atom.